The fourth-order valence-corrected chi connectivity index (χ4v) is 3.49. The van der Waals surface area contributed by atoms with Crippen LogP contribution >= 0.6 is 0 Å². The van der Waals surface area contributed by atoms with Crippen molar-refractivity contribution in [1.29, 1.82) is 0 Å². The molecule has 130 valence electrons. The predicted molar refractivity (Wildman–Crippen MR) is 94.8 cm³/mol. The van der Waals surface area contributed by atoms with E-state index in [9.17, 15) is 0 Å². The van der Waals surface area contributed by atoms with Crippen molar-refractivity contribution in [2.75, 3.05) is 0 Å². The van der Waals surface area contributed by atoms with Crippen molar-refractivity contribution in [2.45, 2.75) is 45.3 Å². The van der Waals surface area contributed by atoms with E-state index in [-0.39, 0.29) is 0 Å². The summed E-state index contributed by atoms with van der Waals surface area (Å²) >= 11 is 0. The van der Waals surface area contributed by atoms with Crippen molar-refractivity contribution >= 4 is 0 Å². The van der Waals surface area contributed by atoms with Crippen LogP contribution in [0.15, 0.2) is 30.7 Å². The van der Waals surface area contributed by atoms with Gasteiger partial charge in [-0.25, -0.2) is 0 Å². The first-order valence-corrected chi connectivity index (χ1v) is 8.82. The Bertz CT molecular complexity index is 836. The van der Waals surface area contributed by atoms with E-state index in [0.717, 1.165) is 55.3 Å². The molecule has 3 aromatic rings. The molecule has 0 amide bonds. The van der Waals surface area contributed by atoms with Crippen molar-refractivity contribution < 1.29 is 0 Å². The number of fused-ring (bicyclic) bond motifs is 1. The Morgan fingerprint density at radius 1 is 1.24 bits per heavy atom. The molecule has 4 heterocycles. The third kappa shape index (κ3) is 3.19. The maximum absolute atomic E-state index is 4.62. The van der Waals surface area contributed by atoms with E-state index in [2.05, 4.69) is 43.3 Å². The molecule has 0 aromatic carbocycles. The molecule has 4 rings (SSSR count). The standard InChI is InChI=1S/C18H23N7/c1-3-16-21-22-17-5-4-15(12-25(16)17)20-10-14-11-24(2)23-18(14)13-6-8-19-9-7-13/h6-9,11,15,20H,3-5,10,12H2,1-2H3/t15-/m0/s1. The number of nitrogens with one attached hydrogen (secondary N) is 1. The largest absolute Gasteiger partial charge is 0.313 e. The van der Waals surface area contributed by atoms with E-state index in [1.807, 2.05) is 36.3 Å². The van der Waals surface area contributed by atoms with Crippen LogP contribution < -0.4 is 5.32 Å². The lowest BCUT2D eigenvalue weighted by molar-refractivity contribution is 0.373. The Labute approximate surface area is 147 Å². The van der Waals surface area contributed by atoms with Crippen LogP contribution in [0.25, 0.3) is 11.3 Å². The normalized spacial score (nSPS) is 16.8. The van der Waals surface area contributed by atoms with E-state index < -0.39 is 0 Å². The summed E-state index contributed by atoms with van der Waals surface area (Å²) < 4.78 is 4.15. The lowest BCUT2D eigenvalue weighted by atomic mass is 10.1. The second-order valence-electron chi connectivity index (χ2n) is 6.53. The van der Waals surface area contributed by atoms with E-state index in [1.165, 1.54) is 5.56 Å². The summed E-state index contributed by atoms with van der Waals surface area (Å²) in [5, 5.41) is 16.9. The average Bonchev–Trinajstić information content (AvgIpc) is 3.23. The molecule has 0 saturated carbocycles. The first-order chi connectivity index (χ1) is 12.2. The molecule has 0 aliphatic carbocycles. The van der Waals surface area contributed by atoms with Crippen molar-refractivity contribution in [3.8, 4) is 11.3 Å². The van der Waals surface area contributed by atoms with Crippen molar-refractivity contribution in [3.63, 3.8) is 0 Å². The highest BCUT2D eigenvalue weighted by molar-refractivity contribution is 5.61. The third-order valence-corrected chi connectivity index (χ3v) is 4.78. The van der Waals surface area contributed by atoms with Gasteiger partial charge < -0.3 is 9.88 Å². The van der Waals surface area contributed by atoms with Crippen molar-refractivity contribution in [2.24, 2.45) is 7.05 Å². The highest BCUT2D eigenvalue weighted by atomic mass is 15.3. The maximum atomic E-state index is 4.62. The molecule has 0 fully saturated rings. The lowest BCUT2D eigenvalue weighted by Crippen LogP contribution is -2.37. The maximum Gasteiger partial charge on any atom is 0.133 e. The number of pyridine rings is 1. The lowest BCUT2D eigenvalue weighted by Gasteiger charge is -2.25. The zero-order valence-corrected chi connectivity index (χ0v) is 14.7. The molecule has 0 spiro atoms. The van der Waals surface area contributed by atoms with E-state index in [0.29, 0.717) is 6.04 Å². The number of aromatic nitrogens is 6. The molecular weight excluding hydrogens is 314 g/mol. The highest BCUT2D eigenvalue weighted by Crippen LogP contribution is 2.22. The van der Waals surface area contributed by atoms with Crippen LogP contribution in [0.1, 0.15) is 30.6 Å². The van der Waals surface area contributed by atoms with E-state index in [1.54, 1.807) is 0 Å². The summed E-state index contributed by atoms with van der Waals surface area (Å²) in [7, 11) is 1.96. The number of hydrogen-bond donors (Lipinski definition) is 1. The number of nitrogens with zero attached hydrogens (tertiary/aromatic N) is 6. The van der Waals surface area contributed by atoms with Gasteiger partial charge in [0.1, 0.15) is 11.6 Å². The zero-order chi connectivity index (χ0) is 17.2. The summed E-state index contributed by atoms with van der Waals surface area (Å²) in [5.74, 6) is 2.20. The van der Waals surface area contributed by atoms with Crippen LogP contribution in [0.4, 0.5) is 0 Å². The van der Waals surface area contributed by atoms with E-state index in [4.69, 9.17) is 0 Å². The molecule has 7 heteroatoms. The molecule has 1 atom stereocenters. The highest BCUT2D eigenvalue weighted by Gasteiger charge is 2.22. The van der Waals surface area contributed by atoms with E-state index >= 15 is 0 Å². The summed E-state index contributed by atoms with van der Waals surface area (Å²) in [6, 6.07) is 4.44. The molecule has 1 N–H and O–H groups in total. The first kappa shape index (κ1) is 16.0. The summed E-state index contributed by atoms with van der Waals surface area (Å²) in [4.78, 5) is 4.09. The molecule has 0 bridgehead atoms. The predicted octanol–water partition coefficient (Wildman–Crippen LogP) is 1.74. The van der Waals surface area contributed by atoms with Crippen LogP contribution in [0, 0.1) is 0 Å². The van der Waals surface area contributed by atoms with Gasteiger partial charge in [0, 0.05) is 68.7 Å². The Hall–Kier alpha value is -2.54. The first-order valence-electron chi connectivity index (χ1n) is 8.82. The van der Waals surface area contributed by atoms with Gasteiger partial charge in [-0.2, -0.15) is 5.10 Å². The Kier molecular flexibility index (Phi) is 4.31. The quantitative estimate of drug-likeness (QED) is 0.768. The second kappa shape index (κ2) is 6.76. The minimum Gasteiger partial charge on any atom is -0.313 e. The monoisotopic (exact) mass is 337 g/mol. The SMILES string of the molecule is CCc1nnc2n1C[C@@H](NCc1cn(C)nc1-c1ccncc1)CC2. The fourth-order valence-electron chi connectivity index (χ4n) is 3.49. The summed E-state index contributed by atoms with van der Waals surface area (Å²) in [6.07, 6.45) is 8.70. The van der Waals surface area contributed by atoms with Crippen LogP contribution in [-0.2, 0) is 33.0 Å². The van der Waals surface area contributed by atoms with Gasteiger partial charge in [0.25, 0.3) is 0 Å². The molecule has 1 aliphatic rings. The van der Waals surface area contributed by atoms with Gasteiger partial charge in [0.2, 0.25) is 0 Å². The van der Waals surface area contributed by atoms with Gasteiger partial charge >= 0.3 is 0 Å². The third-order valence-electron chi connectivity index (χ3n) is 4.78. The van der Waals surface area contributed by atoms with Gasteiger partial charge in [-0.15, -0.1) is 10.2 Å². The molecule has 25 heavy (non-hydrogen) atoms. The van der Waals surface area contributed by atoms with Crippen molar-refractivity contribution in [3.05, 3.63) is 47.9 Å². The average molecular weight is 337 g/mol. The van der Waals surface area contributed by atoms with Gasteiger partial charge in [-0.1, -0.05) is 6.92 Å². The minimum atomic E-state index is 0.430. The number of hydrogen-bond acceptors (Lipinski definition) is 5. The second-order valence-corrected chi connectivity index (χ2v) is 6.53. The smallest absolute Gasteiger partial charge is 0.133 e. The molecule has 0 saturated heterocycles. The zero-order valence-electron chi connectivity index (χ0n) is 14.7. The van der Waals surface area contributed by atoms with Crippen LogP contribution in [-0.4, -0.2) is 35.6 Å². The number of aryl methyl sites for hydroxylation is 3. The van der Waals surface area contributed by atoms with Crippen LogP contribution in [0.5, 0.6) is 0 Å². The minimum absolute atomic E-state index is 0.430. The molecule has 0 unspecified atom stereocenters. The molecule has 3 aromatic heterocycles. The molecule has 7 nitrogen and oxygen atoms in total. The molecule has 1 aliphatic heterocycles. The molecule has 0 radical (unpaired) electrons. The summed E-state index contributed by atoms with van der Waals surface area (Å²) in [6.45, 7) is 3.87. The Balaban J connectivity index is 1.48. The summed E-state index contributed by atoms with van der Waals surface area (Å²) in [5.41, 5.74) is 3.33. The topological polar surface area (TPSA) is 73.5 Å². The fraction of sp³-hybridized carbons (Fsp3) is 0.444. The Morgan fingerprint density at radius 2 is 2.08 bits per heavy atom. The van der Waals surface area contributed by atoms with Crippen LogP contribution in [0.2, 0.25) is 0 Å². The van der Waals surface area contributed by atoms with Crippen molar-refractivity contribution in [1.82, 2.24) is 34.8 Å². The van der Waals surface area contributed by atoms with Crippen LogP contribution in [0.3, 0.4) is 0 Å². The number of rotatable bonds is 5. The van der Waals surface area contributed by atoms with Gasteiger partial charge in [-0.05, 0) is 18.6 Å². The van der Waals surface area contributed by atoms with Gasteiger partial charge in [-0.3, -0.25) is 9.67 Å². The van der Waals surface area contributed by atoms with Gasteiger partial charge in [0.05, 0.1) is 5.69 Å². The molecular formula is C18H23N7. The van der Waals surface area contributed by atoms with Gasteiger partial charge in [0.15, 0.2) is 0 Å². The Morgan fingerprint density at radius 3 is 2.88 bits per heavy atom.